The minimum absolute atomic E-state index is 0.186. The highest BCUT2D eigenvalue weighted by atomic mass is 32.2. The number of sulfonamides is 1. The molecule has 3 rings (SSSR count). The molecule has 2 saturated heterocycles. The molecule has 2 amide bonds. The van der Waals surface area contributed by atoms with Gasteiger partial charge in [-0.2, -0.15) is 4.31 Å². The van der Waals surface area contributed by atoms with Gasteiger partial charge in [0.2, 0.25) is 15.9 Å². The zero-order chi connectivity index (χ0) is 20.3. The molecular formula is C19H25N3O5S. The molecule has 2 aliphatic rings. The summed E-state index contributed by atoms with van der Waals surface area (Å²) >= 11 is 0. The van der Waals surface area contributed by atoms with Gasteiger partial charge in [-0.1, -0.05) is 24.3 Å². The second-order valence-corrected chi connectivity index (χ2v) is 8.83. The van der Waals surface area contributed by atoms with Crippen molar-refractivity contribution < 1.29 is 22.7 Å². The summed E-state index contributed by atoms with van der Waals surface area (Å²) < 4.78 is 32.5. The molecule has 0 aliphatic carbocycles. The monoisotopic (exact) mass is 407 g/mol. The maximum absolute atomic E-state index is 12.8. The van der Waals surface area contributed by atoms with Crippen LogP contribution in [-0.2, 0) is 24.3 Å². The average Bonchev–Trinajstić information content (AvgIpc) is 2.73. The normalized spacial score (nSPS) is 21.4. The van der Waals surface area contributed by atoms with Crippen molar-refractivity contribution in [3.63, 3.8) is 0 Å². The lowest BCUT2D eigenvalue weighted by Gasteiger charge is -2.38. The number of carbonyl (C=O) groups excluding carboxylic acids is 2. The van der Waals surface area contributed by atoms with Crippen molar-refractivity contribution in [1.82, 2.24) is 14.1 Å². The second kappa shape index (κ2) is 8.42. The van der Waals surface area contributed by atoms with Gasteiger partial charge in [-0.3, -0.25) is 9.59 Å². The van der Waals surface area contributed by atoms with Gasteiger partial charge in [-0.05, 0) is 25.1 Å². The molecular weight excluding hydrogens is 382 g/mol. The first-order valence-electron chi connectivity index (χ1n) is 9.21. The van der Waals surface area contributed by atoms with Crippen molar-refractivity contribution in [2.45, 2.75) is 17.9 Å². The van der Waals surface area contributed by atoms with E-state index in [0.29, 0.717) is 19.6 Å². The van der Waals surface area contributed by atoms with E-state index in [1.807, 2.05) is 6.92 Å². The summed E-state index contributed by atoms with van der Waals surface area (Å²) in [4.78, 5) is 27.9. The molecule has 28 heavy (non-hydrogen) atoms. The molecule has 9 heteroatoms. The number of aryl methyl sites for hydroxylation is 1. The van der Waals surface area contributed by atoms with Gasteiger partial charge in [-0.15, -0.1) is 0 Å². The number of carbonyl (C=O) groups is 2. The lowest BCUT2D eigenvalue weighted by Crippen LogP contribution is -2.56. The van der Waals surface area contributed by atoms with Crippen molar-refractivity contribution in [2.75, 3.05) is 45.9 Å². The minimum Gasteiger partial charge on any atom is -0.365 e. The molecule has 0 saturated carbocycles. The number of nitrogens with zero attached hydrogens (tertiary/aromatic N) is 3. The Kier molecular flexibility index (Phi) is 6.17. The number of amides is 2. The van der Waals surface area contributed by atoms with Crippen LogP contribution in [0.25, 0.3) is 0 Å². The van der Waals surface area contributed by atoms with Crippen molar-refractivity contribution in [2.24, 2.45) is 0 Å². The molecule has 0 radical (unpaired) electrons. The maximum Gasteiger partial charge on any atom is 0.253 e. The maximum atomic E-state index is 12.8. The topological polar surface area (TPSA) is 87.2 Å². The van der Waals surface area contributed by atoms with Crippen molar-refractivity contribution in [3.8, 4) is 0 Å². The molecule has 8 nitrogen and oxygen atoms in total. The van der Waals surface area contributed by atoms with E-state index in [0.717, 1.165) is 5.56 Å². The van der Waals surface area contributed by atoms with Gasteiger partial charge in [0.1, 0.15) is 0 Å². The van der Waals surface area contributed by atoms with E-state index >= 15 is 0 Å². The fourth-order valence-electron chi connectivity index (χ4n) is 3.34. The van der Waals surface area contributed by atoms with Crippen LogP contribution in [0.3, 0.4) is 0 Å². The first-order valence-corrected chi connectivity index (χ1v) is 10.7. The molecule has 152 valence electrons. The molecule has 1 aromatic carbocycles. The lowest BCUT2D eigenvalue weighted by atomic mass is 10.2. The van der Waals surface area contributed by atoms with Gasteiger partial charge in [-0.25, -0.2) is 8.42 Å². The fraction of sp³-hybridized carbons (Fsp3) is 0.474. The number of hydrogen-bond acceptors (Lipinski definition) is 5. The fourth-order valence-corrected chi connectivity index (χ4v) is 4.76. The molecule has 0 N–H and O–H groups in total. The molecule has 2 heterocycles. The summed E-state index contributed by atoms with van der Waals surface area (Å²) in [6.45, 7) is 7.30. The lowest BCUT2D eigenvalue weighted by molar-refractivity contribution is -0.153. The van der Waals surface area contributed by atoms with Crippen LogP contribution in [0.5, 0.6) is 0 Å². The molecule has 1 aromatic rings. The van der Waals surface area contributed by atoms with Gasteiger partial charge < -0.3 is 14.5 Å². The van der Waals surface area contributed by atoms with Crippen LogP contribution in [0, 0.1) is 6.92 Å². The van der Waals surface area contributed by atoms with Crippen molar-refractivity contribution in [1.29, 1.82) is 0 Å². The van der Waals surface area contributed by atoms with E-state index in [-0.39, 0.29) is 43.0 Å². The Hall–Kier alpha value is -2.23. The van der Waals surface area contributed by atoms with Crippen LogP contribution in [0.4, 0.5) is 0 Å². The van der Waals surface area contributed by atoms with E-state index in [9.17, 15) is 18.0 Å². The number of benzene rings is 1. The van der Waals surface area contributed by atoms with E-state index in [4.69, 9.17) is 4.74 Å². The van der Waals surface area contributed by atoms with E-state index < -0.39 is 16.1 Å². The summed E-state index contributed by atoms with van der Waals surface area (Å²) in [7, 11) is -3.58. The third-order valence-corrected chi connectivity index (χ3v) is 6.95. The van der Waals surface area contributed by atoms with Crippen LogP contribution >= 0.6 is 0 Å². The first-order chi connectivity index (χ1) is 13.3. The van der Waals surface area contributed by atoms with Gasteiger partial charge in [0.05, 0.1) is 18.0 Å². The van der Waals surface area contributed by atoms with Crippen LogP contribution in [0.2, 0.25) is 0 Å². The van der Waals surface area contributed by atoms with Gasteiger partial charge in [0.25, 0.3) is 5.91 Å². The summed E-state index contributed by atoms with van der Waals surface area (Å²) in [5.41, 5.74) is 0.992. The summed E-state index contributed by atoms with van der Waals surface area (Å²) in [6.07, 6.45) is 0.500. The Balaban J connectivity index is 1.60. The minimum atomic E-state index is -3.58. The van der Waals surface area contributed by atoms with Gasteiger partial charge in [0.15, 0.2) is 6.10 Å². The van der Waals surface area contributed by atoms with Crippen molar-refractivity contribution in [3.05, 3.63) is 42.5 Å². The average molecular weight is 407 g/mol. The largest absolute Gasteiger partial charge is 0.365 e. The number of piperazine rings is 1. The predicted octanol–water partition coefficient (Wildman–Crippen LogP) is 0.241. The molecule has 0 unspecified atom stereocenters. The van der Waals surface area contributed by atoms with Crippen LogP contribution in [-0.4, -0.2) is 86.3 Å². The number of morpholine rings is 1. The number of rotatable bonds is 4. The Morgan fingerprint density at radius 1 is 1.07 bits per heavy atom. The van der Waals surface area contributed by atoms with E-state index in [1.54, 1.807) is 29.2 Å². The van der Waals surface area contributed by atoms with E-state index in [1.165, 1.54) is 15.3 Å². The van der Waals surface area contributed by atoms with Crippen LogP contribution in [0.15, 0.2) is 41.8 Å². The van der Waals surface area contributed by atoms with Crippen LogP contribution in [0.1, 0.15) is 5.56 Å². The standard InChI is InChI=1S/C19H25N3O5S/c1-3-18(23)21-12-13-27-17(14-21)19(24)20-8-10-22(11-9-20)28(25,26)16-6-4-15(2)5-7-16/h3-7,17H,1,8-14H2,2H3/t17-/m1/s1. The Morgan fingerprint density at radius 3 is 2.32 bits per heavy atom. The summed E-state index contributed by atoms with van der Waals surface area (Å²) in [5, 5.41) is 0. The number of ether oxygens (including phenoxy) is 1. The Bertz CT molecular complexity index is 845. The Labute approximate surface area is 165 Å². The molecule has 1 atom stereocenters. The summed E-state index contributed by atoms with van der Waals surface area (Å²) in [5.74, 6) is -0.441. The zero-order valence-corrected chi connectivity index (χ0v) is 16.7. The number of hydrogen-bond donors (Lipinski definition) is 0. The molecule has 0 spiro atoms. The zero-order valence-electron chi connectivity index (χ0n) is 15.9. The molecule has 0 aromatic heterocycles. The highest BCUT2D eigenvalue weighted by Gasteiger charge is 2.35. The molecule has 2 fully saturated rings. The Morgan fingerprint density at radius 2 is 1.71 bits per heavy atom. The third-order valence-electron chi connectivity index (χ3n) is 5.04. The molecule has 2 aliphatic heterocycles. The quantitative estimate of drug-likeness (QED) is 0.668. The smallest absolute Gasteiger partial charge is 0.253 e. The van der Waals surface area contributed by atoms with Gasteiger partial charge in [0, 0.05) is 32.7 Å². The van der Waals surface area contributed by atoms with Crippen LogP contribution < -0.4 is 0 Å². The first kappa shape index (κ1) is 20.5. The van der Waals surface area contributed by atoms with E-state index in [2.05, 4.69) is 6.58 Å². The second-order valence-electron chi connectivity index (χ2n) is 6.89. The predicted molar refractivity (Wildman–Crippen MR) is 103 cm³/mol. The molecule has 0 bridgehead atoms. The summed E-state index contributed by atoms with van der Waals surface area (Å²) in [6, 6.07) is 6.74. The third kappa shape index (κ3) is 4.26. The SMILES string of the molecule is C=CC(=O)N1CCO[C@@H](C(=O)N2CCN(S(=O)(=O)c3ccc(C)cc3)CC2)C1. The highest BCUT2D eigenvalue weighted by Crippen LogP contribution is 2.19. The highest BCUT2D eigenvalue weighted by molar-refractivity contribution is 7.89. The van der Waals surface area contributed by atoms with Crippen molar-refractivity contribution >= 4 is 21.8 Å². The van der Waals surface area contributed by atoms with Gasteiger partial charge >= 0.3 is 0 Å².